The van der Waals surface area contributed by atoms with Gasteiger partial charge < -0.3 is 28.8 Å². The van der Waals surface area contributed by atoms with E-state index in [-0.39, 0.29) is 12.2 Å². The van der Waals surface area contributed by atoms with Crippen molar-refractivity contribution in [2.75, 3.05) is 0 Å². The van der Waals surface area contributed by atoms with E-state index in [9.17, 15) is 9.90 Å². The van der Waals surface area contributed by atoms with Crippen molar-refractivity contribution in [3.63, 3.8) is 0 Å². The van der Waals surface area contributed by atoms with Crippen LogP contribution in [0.4, 0.5) is 0 Å². The molecule has 0 bridgehead atoms. The number of benzene rings is 6. The second-order valence-corrected chi connectivity index (χ2v) is 11.9. The lowest BCUT2D eigenvalue weighted by Gasteiger charge is -2.31. The SMILES string of the molecule is O=C1C(O)c2c(OCc3ccccc3)cc(OCc3ccccc3)cc2OC1c1ccc(OCc2ccccc2)c(OCc2ccccc2)c1. The maximum absolute atomic E-state index is 13.9. The van der Waals surface area contributed by atoms with Gasteiger partial charge in [-0.15, -0.1) is 0 Å². The number of carbonyl (C=O) groups excluding carboxylic acids is 1. The van der Waals surface area contributed by atoms with Gasteiger partial charge in [0.1, 0.15) is 49.8 Å². The smallest absolute Gasteiger partial charge is 0.211 e. The fraction of sp³-hybridized carbons (Fsp3) is 0.140. The second kappa shape index (κ2) is 15.4. The Morgan fingerprint density at radius 1 is 0.500 bits per heavy atom. The third-order valence-electron chi connectivity index (χ3n) is 8.35. The lowest BCUT2D eigenvalue weighted by atomic mass is 9.92. The molecule has 0 aliphatic carbocycles. The molecule has 2 unspecified atom stereocenters. The molecule has 0 saturated heterocycles. The molecule has 0 aromatic heterocycles. The standard InChI is InChI=1S/C43H36O7/c44-41-40-38(49-29-33-19-11-4-12-20-33)24-35(46-26-30-13-5-1-6-14-30)25-39(40)50-43(42(41)45)34-21-22-36(47-27-31-15-7-2-8-16-31)37(23-34)48-28-32-17-9-3-10-18-32/h1-25,41,43-44H,26-29H2. The predicted octanol–water partition coefficient (Wildman–Crippen LogP) is 8.74. The van der Waals surface area contributed by atoms with Crippen LogP contribution < -0.4 is 23.7 Å². The molecule has 6 aromatic carbocycles. The van der Waals surface area contributed by atoms with Gasteiger partial charge in [-0.05, 0) is 34.4 Å². The van der Waals surface area contributed by atoms with Gasteiger partial charge in [-0.25, -0.2) is 0 Å². The summed E-state index contributed by atoms with van der Waals surface area (Å²) < 4.78 is 31.2. The summed E-state index contributed by atoms with van der Waals surface area (Å²) in [5, 5.41) is 11.5. The number of carbonyl (C=O) groups is 1. The van der Waals surface area contributed by atoms with E-state index in [0.717, 1.165) is 22.3 Å². The molecule has 1 N–H and O–H groups in total. The fourth-order valence-corrected chi connectivity index (χ4v) is 5.72. The molecule has 0 spiro atoms. The van der Waals surface area contributed by atoms with Gasteiger partial charge in [-0.1, -0.05) is 127 Å². The van der Waals surface area contributed by atoms with Crippen molar-refractivity contribution in [2.45, 2.75) is 38.6 Å². The molecule has 0 radical (unpaired) electrons. The van der Waals surface area contributed by atoms with Gasteiger partial charge in [-0.2, -0.15) is 0 Å². The van der Waals surface area contributed by atoms with Crippen LogP contribution in [0, 0.1) is 0 Å². The van der Waals surface area contributed by atoms with E-state index in [4.69, 9.17) is 23.7 Å². The second-order valence-electron chi connectivity index (χ2n) is 11.9. The van der Waals surface area contributed by atoms with Crippen LogP contribution in [-0.2, 0) is 31.2 Å². The molecule has 0 amide bonds. The van der Waals surface area contributed by atoms with E-state index in [1.807, 2.05) is 121 Å². The van der Waals surface area contributed by atoms with Crippen molar-refractivity contribution in [1.29, 1.82) is 0 Å². The first kappa shape index (κ1) is 32.5. The first-order valence-electron chi connectivity index (χ1n) is 16.5. The molecule has 6 aromatic rings. The number of hydrogen-bond acceptors (Lipinski definition) is 7. The van der Waals surface area contributed by atoms with Crippen molar-refractivity contribution in [3.8, 4) is 28.7 Å². The van der Waals surface area contributed by atoms with Crippen molar-refractivity contribution >= 4 is 5.78 Å². The summed E-state index contributed by atoms with van der Waals surface area (Å²) in [7, 11) is 0. The summed E-state index contributed by atoms with van der Waals surface area (Å²) >= 11 is 0. The summed E-state index contributed by atoms with van der Waals surface area (Å²) in [5.41, 5.74) is 4.68. The molecule has 7 heteroatoms. The van der Waals surface area contributed by atoms with Gasteiger partial charge >= 0.3 is 0 Å². The lowest BCUT2D eigenvalue weighted by Crippen LogP contribution is -2.30. The van der Waals surface area contributed by atoms with Crippen LogP contribution in [0.1, 0.15) is 45.6 Å². The topological polar surface area (TPSA) is 83.5 Å². The fourth-order valence-electron chi connectivity index (χ4n) is 5.72. The molecule has 0 fully saturated rings. The Kier molecular flexibility index (Phi) is 10.0. The Balaban J connectivity index is 1.19. The Morgan fingerprint density at radius 2 is 0.960 bits per heavy atom. The quantitative estimate of drug-likeness (QED) is 0.132. The van der Waals surface area contributed by atoms with Gasteiger partial charge in [0.25, 0.3) is 0 Å². The molecule has 1 aliphatic rings. The van der Waals surface area contributed by atoms with Gasteiger partial charge in [-0.3, -0.25) is 4.79 Å². The van der Waals surface area contributed by atoms with E-state index in [1.54, 1.807) is 30.3 Å². The number of ketones is 1. The van der Waals surface area contributed by atoms with Crippen molar-refractivity contribution in [3.05, 3.63) is 185 Å². The van der Waals surface area contributed by atoms with Crippen LogP contribution in [0.5, 0.6) is 28.7 Å². The molecule has 7 nitrogen and oxygen atoms in total. The van der Waals surface area contributed by atoms with Crippen molar-refractivity contribution in [1.82, 2.24) is 0 Å². The third-order valence-corrected chi connectivity index (χ3v) is 8.35. The maximum atomic E-state index is 13.9. The molecule has 50 heavy (non-hydrogen) atoms. The van der Waals surface area contributed by atoms with Crippen LogP contribution in [0.15, 0.2) is 152 Å². The highest BCUT2D eigenvalue weighted by molar-refractivity contribution is 5.92. The van der Waals surface area contributed by atoms with Gasteiger partial charge in [0, 0.05) is 17.7 Å². The minimum Gasteiger partial charge on any atom is -0.489 e. The average Bonchev–Trinajstić information content (AvgIpc) is 3.17. The largest absolute Gasteiger partial charge is 0.489 e. The number of aliphatic hydroxyl groups excluding tert-OH is 1. The van der Waals surface area contributed by atoms with Crippen molar-refractivity contribution in [2.24, 2.45) is 0 Å². The maximum Gasteiger partial charge on any atom is 0.211 e. The molecular formula is C43H36O7. The molecule has 250 valence electrons. The van der Waals surface area contributed by atoms with Gasteiger partial charge in [0.2, 0.25) is 5.78 Å². The summed E-state index contributed by atoms with van der Waals surface area (Å²) in [6.07, 6.45) is -2.62. The molecule has 2 atom stereocenters. The highest BCUT2D eigenvalue weighted by Crippen LogP contribution is 2.47. The minimum absolute atomic E-state index is 0.228. The molecule has 1 aliphatic heterocycles. The predicted molar refractivity (Wildman–Crippen MR) is 189 cm³/mol. The Bertz CT molecular complexity index is 2020. The number of hydrogen-bond donors (Lipinski definition) is 1. The highest BCUT2D eigenvalue weighted by Gasteiger charge is 2.40. The molecule has 7 rings (SSSR count). The Labute approximate surface area is 291 Å². The Morgan fingerprint density at radius 3 is 1.48 bits per heavy atom. The normalized spacial score (nSPS) is 15.0. The molecule has 0 saturated carbocycles. The minimum atomic E-state index is -1.50. The monoisotopic (exact) mass is 664 g/mol. The third kappa shape index (κ3) is 7.80. The molecule has 1 heterocycles. The van der Waals surface area contributed by atoms with Crippen LogP contribution in [0.2, 0.25) is 0 Å². The Hall–Kier alpha value is -6.05. The molecular weight excluding hydrogens is 628 g/mol. The zero-order valence-corrected chi connectivity index (χ0v) is 27.3. The van der Waals surface area contributed by atoms with Crippen LogP contribution in [0.3, 0.4) is 0 Å². The summed E-state index contributed by atoms with van der Waals surface area (Å²) in [6.45, 7) is 1.17. The number of aliphatic hydroxyl groups is 1. The summed E-state index contributed by atoms with van der Waals surface area (Å²) in [5.74, 6) is 1.54. The van der Waals surface area contributed by atoms with Crippen LogP contribution in [0.25, 0.3) is 0 Å². The van der Waals surface area contributed by atoms with E-state index >= 15 is 0 Å². The first-order chi connectivity index (χ1) is 24.6. The average molecular weight is 665 g/mol. The highest BCUT2D eigenvalue weighted by atomic mass is 16.5. The van der Waals surface area contributed by atoms with Crippen molar-refractivity contribution < 1.29 is 33.6 Å². The van der Waals surface area contributed by atoms with Gasteiger partial charge in [0.15, 0.2) is 17.6 Å². The number of Topliss-reactive ketones (excluding diaryl/α,β-unsaturated/α-hetero) is 1. The summed E-state index contributed by atoms with van der Waals surface area (Å²) in [4.78, 5) is 13.9. The first-order valence-corrected chi connectivity index (χ1v) is 16.5. The van der Waals surface area contributed by atoms with Gasteiger partial charge in [0.05, 0.1) is 5.56 Å². The number of ether oxygens (including phenoxy) is 5. The summed E-state index contributed by atoms with van der Waals surface area (Å²) in [6, 6.07) is 47.8. The number of fused-ring (bicyclic) bond motifs is 1. The zero-order valence-electron chi connectivity index (χ0n) is 27.3. The zero-order chi connectivity index (χ0) is 34.1. The van der Waals surface area contributed by atoms with E-state index in [2.05, 4.69) is 0 Å². The van der Waals surface area contributed by atoms with Crippen LogP contribution >= 0.6 is 0 Å². The van der Waals surface area contributed by atoms with E-state index in [0.29, 0.717) is 54.1 Å². The van der Waals surface area contributed by atoms with E-state index < -0.39 is 18.0 Å². The number of rotatable bonds is 13. The lowest BCUT2D eigenvalue weighted by molar-refractivity contribution is -0.137. The van der Waals surface area contributed by atoms with Crippen LogP contribution in [-0.4, -0.2) is 10.9 Å². The van der Waals surface area contributed by atoms with E-state index in [1.165, 1.54) is 0 Å².